The average molecular weight is 430 g/mol. The molecule has 1 heterocycles. The number of thiazole rings is 1. The molecule has 1 aromatic heterocycles. The molecule has 3 N–H and O–H groups in total. The highest BCUT2D eigenvalue weighted by molar-refractivity contribution is 7.84. The molecule has 1 atom stereocenters. The van der Waals surface area contributed by atoms with Gasteiger partial charge in [0.2, 0.25) is 5.91 Å². The van der Waals surface area contributed by atoms with Gasteiger partial charge in [0.05, 0.1) is 37.8 Å². The Morgan fingerprint density at radius 3 is 2.78 bits per heavy atom. The predicted molar refractivity (Wildman–Crippen MR) is 108 cm³/mol. The lowest BCUT2D eigenvalue weighted by molar-refractivity contribution is -0.135. The van der Waals surface area contributed by atoms with E-state index in [1.165, 1.54) is 11.3 Å². The van der Waals surface area contributed by atoms with Gasteiger partial charge >= 0.3 is 5.97 Å². The second-order valence-corrected chi connectivity index (χ2v) is 8.51. The first-order valence-electron chi connectivity index (χ1n) is 8.11. The van der Waals surface area contributed by atoms with Gasteiger partial charge in [-0.25, -0.2) is 4.98 Å². The number of benzene rings is 1. The number of anilines is 1. The molecule has 0 saturated heterocycles. The van der Waals surface area contributed by atoms with E-state index in [0.29, 0.717) is 28.0 Å². The quantitative estimate of drug-likeness (QED) is 0.529. The van der Waals surface area contributed by atoms with Gasteiger partial charge in [0.15, 0.2) is 5.13 Å². The standard InChI is InChI=1S/C17H20ClN3O4S2/c1-10-16(11-5-6-12(18)13(8-11)27(2)25)26-17(20-10)21-14(22)4-3-7-19-9-15(23)24/h5-6,8,19H,3-4,7,9H2,1-2H3,(H,23,24)(H,20,21,22). The van der Waals surface area contributed by atoms with Crippen LogP contribution >= 0.6 is 22.9 Å². The third kappa shape index (κ3) is 6.39. The van der Waals surface area contributed by atoms with E-state index in [1.807, 2.05) is 13.0 Å². The van der Waals surface area contributed by atoms with Gasteiger partial charge in [0.1, 0.15) is 0 Å². The summed E-state index contributed by atoms with van der Waals surface area (Å²) in [5.41, 5.74) is 1.60. The van der Waals surface area contributed by atoms with E-state index in [0.717, 1.165) is 16.1 Å². The molecule has 0 aliphatic carbocycles. The number of nitrogens with one attached hydrogen (secondary N) is 2. The molecule has 0 aliphatic rings. The van der Waals surface area contributed by atoms with Crippen molar-refractivity contribution in [1.82, 2.24) is 10.3 Å². The third-order valence-electron chi connectivity index (χ3n) is 3.58. The summed E-state index contributed by atoms with van der Waals surface area (Å²) in [6, 6.07) is 5.31. The lowest BCUT2D eigenvalue weighted by Crippen LogP contribution is -2.24. The molecule has 0 spiro atoms. The number of hydrogen-bond donors (Lipinski definition) is 3. The number of carboxylic acid groups (broad SMARTS) is 1. The fourth-order valence-corrected chi connectivity index (χ4v) is 4.39. The third-order valence-corrected chi connectivity index (χ3v) is 6.10. The summed E-state index contributed by atoms with van der Waals surface area (Å²) in [7, 11) is -1.20. The van der Waals surface area contributed by atoms with Crippen LogP contribution in [0.2, 0.25) is 5.02 Å². The van der Waals surface area contributed by atoms with Crippen molar-refractivity contribution in [2.45, 2.75) is 24.7 Å². The minimum Gasteiger partial charge on any atom is -0.480 e. The SMILES string of the molecule is Cc1nc(NC(=O)CCCNCC(=O)O)sc1-c1ccc(Cl)c(S(C)=O)c1. The number of carboxylic acids is 1. The summed E-state index contributed by atoms with van der Waals surface area (Å²) in [4.78, 5) is 28.2. The molecule has 1 aromatic carbocycles. The smallest absolute Gasteiger partial charge is 0.317 e. The summed E-state index contributed by atoms with van der Waals surface area (Å²) in [5.74, 6) is -1.11. The Morgan fingerprint density at radius 2 is 2.11 bits per heavy atom. The molecule has 0 saturated carbocycles. The van der Waals surface area contributed by atoms with Crippen molar-refractivity contribution >= 4 is 50.7 Å². The largest absolute Gasteiger partial charge is 0.480 e. The van der Waals surface area contributed by atoms with Gasteiger partial charge in [-0.1, -0.05) is 29.0 Å². The summed E-state index contributed by atoms with van der Waals surface area (Å²) in [6.45, 7) is 2.17. The highest BCUT2D eigenvalue weighted by atomic mass is 35.5. The van der Waals surface area contributed by atoms with Gasteiger partial charge in [-0.2, -0.15) is 0 Å². The first kappa shape index (κ1) is 21.5. The number of aromatic nitrogens is 1. The molecule has 7 nitrogen and oxygen atoms in total. The van der Waals surface area contributed by atoms with E-state index in [9.17, 15) is 13.8 Å². The Bertz CT molecular complexity index is 870. The summed E-state index contributed by atoms with van der Waals surface area (Å²) < 4.78 is 11.8. The lowest BCUT2D eigenvalue weighted by atomic mass is 10.2. The number of halogens is 1. The van der Waals surface area contributed by atoms with E-state index in [2.05, 4.69) is 15.6 Å². The van der Waals surface area contributed by atoms with Crippen LogP contribution in [0.25, 0.3) is 10.4 Å². The van der Waals surface area contributed by atoms with E-state index in [4.69, 9.17) is 16.7 Å². The van der Waals surface area contributed by atoms with Crippen molar-refractivity contribution in [1.29, 1.82) is 0 Å². The fourth-order valence-electron chi connectivity index (χ4n) is 2.33. The Balaban J connectivity index is 2.00. The molecular weight excluding hydrogens is 410 g/mol. The normalized spacial score (nSPS) is 12.0. The van der Waals surface area contributed by atoms with E-state index < -0.39 is 16.8 Å². The first-order valence-corrected chi connectivity index (χ1v) is 10.9. The maximum absolute atomic E-state index is 12.0. The number of carbonyl (C=O) groups is 2. The molecule has 1 unspecified atom stereocenters. The van der Waals surface area contributed by atoms with Gasteiger partial charge in [0, 0.05) is 12.7 Å². The molecule has 146 valence electrons. The van der Waals surface area contributed by atoms with Gasteiger partial charge in [-0.3, -0.25) is 13.8 Å². The minimum atomic E-state index is -1.20. The van der Waals surface area contributed by atoms with Crippen LogP contribution in [0.1, 0.15) is 18.5 Å². The Labute approximate surface area is 168 Å². The molecular formula is C17H20ClN3O4S2. The fraction of sp³-hybridized carbons (Fsp3) is 0.353. The molecule has 10 heteroatoms. The molecule has 0 aliphatic heterocycles. The number of amides is 1. The van der Waals surface area contributed by atoms with Crippen LogP contribution in [0.15, 0.2) is 23.1 Å². The van der Waals surface area contributed by atoms with E-state index >= 15 is 0 Å². The maximum Gasteiger partial charge on any atom is 0.317 e. The zero-order valence-electron chi connectivity index (χ0n) is 14.9. The number of carbonyl (C=O) groups excluding carboxylic acids is 1. The molecule has 0 fully saturated rings. The van der Waals surface area contributed by atoms with Crippen molar-refractivity contribution in [3.63, 3.8) is 0 Å². The van der Waals surface area contributed by atoms with Crippen molar-refractivity contribution in [2.75, 3.05) is 24.7 Å². The van der Waals surface area contributed by atoms with Crippen LogP contribution in [0.4, 0.5) is 5.13 Å². The second-order valence-electron chi connectivity index (χ2n) is 5.76. The highest BCUT2D eigenvalue weighted by Gasteiger charge is 2.14. The average Bonchev–Trinajstić information content (AvgIpc) is 2.94. The number of rotatable bonds is 9. The van der Waals surface area contributed by atoms with Crippen molar-refractivity contribution in [3.8, 4) is 10.4 Å². The van der Waals surface area contributed by atoms with Crippen LogP contribution < -0.4 is 10.6 Å². The van der Waals surface area contributed by atoms with Crippen molar-refractivity contribution in [2.24, 2.45) is 0 Å². The second kappa shape index (κ2) is 9.93. The molecule has 27 heavy (non-hydrogen) atoms. The number of nitrogens with zero attached hydrogens (tertiary/aromatic N) is 1. The summed E-state index contributed by atoms with van der Waals surface area (Å²) >= 11 is 7.42. The monoisotopic (exact) mass is 429 g/mol. The van der Waals surface area contributed by atoms with Gasteiger partial charge < -0.3 is 15.7 Å². The van der Waals surface area contributed by atoms with Crippen LogP contribution in [0.3, 0.4) is 0 Å². The van der Waals surface area contributed by atoms with Gasteiger partial charge in [-0.15, -0.1) is 0 Å². The summed E-state index contributed by atoms with van der Waals surface area (Å²) in [6.07, 6.45) is 2.36. The Kier molecular flexibility index (Phi) is 7.91. The van der Waals surface area contributed by atoms with E-state index in [-0.39, 0.29) is 18.9 Å². The van der Waals surface area contributed by atoms with Gasteiger partial charge in [-0.05, 0) is 37.6 Å². The number of hydrogen-bond acceptors (Lipinski definition) is 6. The Morgan fingerprint density at radius 1 is 1.37 bits per heavy atom. The molecule has 0 radical (unpaired) electrons. The molecule has 2 rings (SSSR count). The number of aliphatic carboxylic acids is 1. The van der Waals surface area contributed by atoms with Gasteiger partial charge in [0.25, 0.3) is 0 Å². The molecule has 0 bridgehead atoms. The van der Waals surface area contributed by atoms with Crippen molar-refractivity contribution < 1.29 is 18.9 Å². The molecule has 2 aromatic rings. The van der Waals surface area contributed by atoms with Crippen LogP contribution in [0.5, 0.6) is 0 Å². The zero-order valence-corrected chi connectivity index (χ0v) is 17.3. The first-order chi connectivity index (χ1) is 12.8. The summed E-state index contributed by atoms with van der Waals surface area (Å²) in [5, 5.41) is 15.0. The van der Waals surface area contributed by atoms with E-state index in [1.54, 1.807) is 18.4 Å². The maximum atomic E-state index is 12.0. The van der Waals surface area contributed by atoms with Crippen LogP contribution in [-0.4, -0.2) is 45.5 Å². The lowest BCUT2D eigenvalue weighted by Gasteiger charge is -2.04. The topological polar surface area (TPSA) is 108 Å². The Hall–Kier alpha value is -1.81. The molecule has 1 amide bonds. The van der Waals surface area contributed by atoms with Crippen molar-refractivity contribution in [3.05, 3.63) is 28.9 Å². The zero-order chi connectivity index (χ0) is 20.0. The van der Waals surface area contributed by atoms with Crippen LogP contribution in [-0.2, 0) is 20.4 Å². The number of aryl methyl sites for hydroxylation is 1. The minimum absolute atomic E-state index is 0.123. The van der Waals surface area contributed by atoms with Crippen LogP contribution in [0, 0.1) is 6.92 Å². The predicted octanol–water partition coefficient (Wildman–Crippen LogP) is 2.90. The highest BCUT2D eigenvalue weighted by Crippen LogP contribution is 2.35.